The van der Waals surface area contributed by atoms with E-state index in [0.29, 0.717) is 0 Å². The molecule has 2 rings (SSSR count). The van der Waals surface area contributed by atoms with Crippen LogP contribution in [0.2, 0.25) is 0 Å². The molecule has 3 nitrogen and oxygen atoms in total. The normalized spacial score (nSPS) is 26.4. The van der Waals surface area contributed by atoms with E-state index in [1.54, 1.807) is 0 Å². The number of hydrogen-bond acceptors (Lipinski definition) is 4. The van der Waals surface area contributed by atoms with Gasteiger partial charge in [0.05, 0.1) is 0 Å². The van der Waals surface area contributed by atoms with Crippen molar-refractivity contribution in [2.45, 2.75) is 18.9 Å². The van der Waals surface area contributed by atoms with Crippen LogP contribution in [0.3, 0.4) is 0 Å². The Hall–Kier alpha value is 0.0300. The van der Waals surface area contributed by atoms with Crippen LogP contribution in [-0.2, 0) is 5.60 Å². The molecule has 1 aromatic rings. The molecule has 0 amide bonds. The Bertz CT molecular complexity index is 320. The van der Waals surface area contributed by atoms with E-state index < -0.39 is 5.60 Å². The number of rotatable bonds is 2. The first-order valence-corrected chi connectivity index (χ1v) is 6.32. The monoisotopic (exact) mass is 276 g/mol. The Balaban J connectivity index is 2.22. The molecule has 0 bridgehead atoms. The first-order valence-electron chi connectivity index (χ1n) is 4.65. The van der Waals surface area contributed by atoms with Crippen molar-refractivity contribution in [3.05, 3.63) is 15.0 Å². The summed E-state index contributed by atoms with van der Waals surface area (Å²) in [7, 11) is 0. The van der Waals surface area contributed by atoms with E-state index in [0.717, 1.165) is 29.1 Å². The van der Waals surface area contributed by atoms with Crippen LogP contribution in [0.5, 0.6) is 0 Å². The first kappa shape index (κ1) is 10.5. The maximum Gasteiger partial charge on any atom is 0.126 e. The number of nitrogens with zero attached hydrogens (tertiary/aromatic N) is 1. The molecule has 0 spiro atoms. The van der Waals surface area contributed by atoms with Gasteiger partial charge in [-0.05, 0) is 35.8 Å². The molecule has 0 aromatic carbocycles. The molecule has 2 atom stereocenters. The van der Waals surface area contributed by atoms with Gasteiger partial charge in [0.2, 0.25) is 0 Å². The van der Waals surface area contributed by atoms with Crippen molar-refractivity contribution in [1.82, 2.24) is 10.3 Å². The van der Waals surface area contributed by atoms with Gasteiger partial charge < -0.3 is 10.4 Å². The van der Waals surface area contributed by atoms with E-state index in [1.807, 2.05) is 12.3 Å². The van der Waals surface area contributed by atoms with Gasteiger partial charge in [-0.1, -0.05) is 0 Å². The van der Waals surface area contributed by atoms with Crippen LogP contribution in [0.1, 0.15) is 18.4 Å². The maximum atomic E-state index is 10.4. The summed E-state index contributed by atoms with van der Waals surface area (Å²) < 4.78 is 0.809. The van der Waals surface area contributed by atoms with Crippen LogP contribution in [-0.4, -0.2) is 23.2 Å². The molecule has 1 saturated heterocycles. The molecule has 2 heterocycles. The fraction of sp³-hybridized carbons (Fsp3) is 0.667. The van der Waals surface area contributed by atoms with Crippen molar-refractivity contribution < 1.29 is 5.11 Å². The Morgan fingerprint density at radius 3 is 3.07 bits per heavy atom. The second kappa shape index (κ2) is 3.89. The molecule has 78 valence electrons. The minimum Gasteiger partial charge on any atom is -0.383 e. The summed E-state index contributed by atoms with van der Waals surface area (Å²) in [6.45, 7) is 3.73. The Kier molecular flexibility index (Phi) is 2.93. The predicted molar refractivity (Wildman–Crippen MR) is 60.4 cm³/mol. The second-order valence-electron chi connectivity index (χ2n) is 3.81. The van der Waals surface area contributed by atoms with E-state index in [4.69, 9.17) is 0 Å². The lowest BCUT2D eigenvalue weighted by Gasteiger charge is -2.27. The quantitative estimate of drug-likeness (QED) is 0.865. The average molecular weight is 277 g/mol. The SMILES string of the molecule is CC(O)(c1nc(Br)cs1)C1CCNC1. The van der Waals surface area contributed by atoms with Crippen LogP contribution in [0.25, 0.3) is 0 Å². The minimum absolute atomic E-state index is 0.278. The molecular formula is C9H13BrN2OS. The summed E-state index contributed by atoms with van der Waals surface area (Å²) >= 11 is 4.81. The molecule has 14 heavy (non-hydrogen) atoms. The number of aromatic nitrogens is 1. The van der Waals surface area contributed by atoms with Gasteiger partial charge in [-0.25, -0.2) is 4.98 Å². The highest BCUT2D eigenvalue weighted by Crippen LogP contribution is 2.35. The van der Waals surface area contributed by atoms with Crippen molar-refractivity contribution >= 4 is 27.3 Å². The summed E-state index contributed by atoms with van der Waals surface area (Å²) in [6, 6.07) is 0. The van der Waals surface area contributed by atoms with Crippen LogP contribution < -0.4 is 5.32 Å². The minimum atomic E-state index is -0.791. The predicted octanol–water partition coefficient (Wildman–Crippen LogP) is 1.72. The van der Waals surface area contributed by atoms with E-state index in [2.05, 4.69) is 26.2 Å². The highest BCUT2D eigenvalue weighted by atomic mass is 79.9. The molecule has 5 heteroatoms. The maximum absolute atomic E-state index is 10.4. The Morgan fingerprint density at radius 1 is 1.79 bits per heavy atom. The lowest BCUT2D eigenvalue weighted by atomic mass is 9.89. The standard InChI is InChI=1S/C9H13BrN2OS/c1-9(13,6-2-3-11-4-6)8-12-7(10)5-14-8/h5-6,11,13H,2-4H2,1H3. The molecule has 0 saturated carbocycles. The number of thiazole rings is 1. The molecule has 1 aliphatic heterocycles. The zero-order chi connectivity index (χ0) is 10.2. The summed E-state index contributed by atoms with van der Waals surface area (Å²) in [4.78, 5) is 4.28. The fourth-order valence-electron chi connectivity index (χ4n) is 1.80. The highest BCUT2D eigenvalue weighted by Gasteiger charge is 2.37. The summed E-state index contributed by atoms with van der Waals surface area (Å²) in [6.07, 6.45) is 1.02. The van der Waals surface area contributed by atoms with Gasteiger partial charge in [0, 0.05) is 17.8 Å². The topological polar surface area (TPSA) is 45.2 Å². The molecule has 2 N–H and O–H groups in total. The average Bonchev–Trinajstić information content (AvgIpc) is 2.72. The van der Waals surface area contributed by atoms with E-state index in [-0.39, 0.29) is 5.92 Å². The zero-order valence-electron chi connectivity index (χ0n) is 7.96. The molecule has 1 aromatic heterocycles. The molecule has 1 aliphatic rings. The van der Waals surface area contributed by atoms with Crippen molar-refractivity contribution in [3.8, 4) is 0 Å². The largest absolute Gasteiger partial charge is 0.383 e. The summed E-state index contributed by atoms with van der Waals surface area (Å²) in [5.74, 6) is 0.278. The first-order chi connectivity index (χ1) is 6.60. The van der Waals surface area contributed by atoms with Crippen molar-refractivity contribution in [2.75, 3.05) is 13.1 Å². The third-order valence-corrected chi connectivity index (χ3v) is 4.54. The third-order valence-electron chi connectivity index (χ3n) is 2.76. The number of halogens is 1. The van der Waals surface area contributed by atoms with Crippen LogP contribution in [0.4, 0.5) is 0 Å². The third kappa shape index (κ3) is 1.86. The number of hydrogen-bond donors (Lipinski definition) is 2. The van der Waals surface area contributed by atoms with Gasteiger partial charge in [0.15, 0.2) is 0 Å². The Morgan fingerprint density at radius 2 is 2.57 bits per heavy atom. The van der Waals surface area contributed by atoms with Gasteiger partial charge in [-0.15, -0.1) is 11.3 Å². The number of nitrogens with one attached hydrogen (secondary N) is 1. The highest BCUT2D eigenvalue weighted by molar-refractivity contribution is 9.10. The van der Waals surface area contributed by atoms with Gasteiger partial charge in [-0.2, -0.15) is 0 Å². The molecule has 1 fully saturated rings. The zero-order valence-corrected chi connectivity index (χ0v) is 10.4. The van der Waals surface area contributed by atoms with E-state index in [1.165, 1.54) is 11.3 Å². The molecular weight excluding hydrogens is 264 g/mol. The van der Waals surface area contributed by atoms with Gasteiger partial charge >= 0.3 is 0 Å². The fourth-order valence-corrected chi connectivity index (χ4v) is 3.19. The summed E-state index contributed by atoms with van der Waals surface area (Å²) in [5, 5.41) is 16.4. The lowest BCUT2D eigenvalue weighted by molar-refractivity contribution is 0.00188. The van der Waals surface area contributed by atoms with E-state index in [9.17, 15) is 5.11 Å². The molecule has 0 radical (unpaired) electrons. The number of aliphatic hydroxyl groups is 1. The van der Waals surface area contributed by atoms with Gasteiger partial charge in [-0.3, -0.25) is 0 Å². The molecule has 2 unspecified atom stereocenters. The van der Waals surface area contributed by atoms with Crippen molar-refractivity contribution in [2.24, 2.45) is 5.92 Å². The van der Waals surface area contributed by atoms with Crippen LogP contribution >= 0.6 is 27.3 Å². The van der Waals surface area contributed by atoms with Gasteiger partial charge in [0.1, 0.15) is 15.2 Å². The van der Waals surface area contributed by atoms with Gasteiger partial charge in [0.25, 0.3) is 0 Å². The summed E-state index contributed by atoms with van der Waals surface area (Å²) in [5.41, 5.74) is -0.791. The van der Waals surface area contributed by atoms with Crippen molar-refractivity contribution in [3.63, 3.8) is 0 Å². The smallest absolute Gasteiger partial charge is 0.126 e. The second-order valence-corrected chi connectivity index (χ2v) is 5.48. The van der Waals surface area contributed by atoms with E-state index >= 15 is 0 Å². The van der Waals surface area contributed by atoms with Crippen LogP contribution in [0, 0.1) is 5.92 Å². The van der Waals surface area contributed by atoms with Crippen molar-refractivity contribution in [1.29, 1.82) is 0 Å². The Labute approximate surface area is 95.7 Å². The molecule has 0 aliphatic carbocycles. The van der Waals surface area contributed by atoms with Crippen LogP contribution in [0.15, 0.2) is 9.98 Å². The lowest BCUT2D eigenvalue weighted by Crippen LogP contribution is -2.33.